The minimum atomic E-state index is -1.18. The topological polar surface area (TPSA) is 82.1 Å². The Morgan fingerprint density at radius 2 is 2.05 bits per heavy atom. The van der Waals surface area contributed by atoms with Crippen LogP contribution in [-0.2, 0) is 16.0 Å². The average Bonchev–Trinajstić information content (AvgIpc) is 2.86. The number of hydrogen-bond donors (Lipinski definition) is 1. The van der Waals surface area contributed by atoms with Gasteiger partial charge in [0.05, 0.1) is 11.6 Å². The number of carboxylic acids is 1. The zero-order valence-electron chi connectivity index (χ0n) is 10.8. The molecule has 1 aromatic carbocycles. The molecule has 2 aromatic rings. The number of anilines is 1. The van der Waals surface area contributed by atoms with E-state index in [1.54, 1.807) is 24.4 Å². The number of aromatic nitrogens is 1. The highest BCUT2D eigenvalue weighted by molar-refractivity contribution is 7.09. The van der Waals surface area contributed by atoms with E-state index in [2.05, 4.69) is 10.3 Å². The summed E-state index contributed by atoms with van der Waals surface area (Å²) in [5.41, 5.74) is 1.14. The number of rotatable bonds is 5. The Balaban J connectivity index is 2.03. The summed E-state index contributed by atoms with van der Waals surface area (Å²) in [5, 5.41) is 15.5. The highest BCUT2D eigenvalue weighted by Gasteiger charge is 2.18. The normalized spacial score (nSPS) is 11.8. The van der Waals surface area contributed by atoms with Crippen LogP contribution in [0, 0.1) is 0 Å². The Kier molecular flexibility index (Phi) is 4.47. The van der Waals surface area contributed by atoms with Crippen molar-refractivity contribution in [2.24, 2.45) is 0 Å². The Morgan fingerprint density at radius 3 is 2.70 bits per heavy atom. The molecule has 20 heavy (non-hydrogen) atoms. The number of nitrogens with one attached hydrogen (secondary N) is 1. The van der Waals surface area contributed by atoms with Gasteiger partial charge in [-0.25, -0.2) is 4.98 Å². The number of carbonyl (C=O) groups excluding carboxylic acids is 2. The molecule has 0 saturated carbocycles. The van der Waals surface area contributed by atoms with Crippen LogP contribution in [-0.4, -0.2) is 16.9 Å². The van der Waals surface area contributed by atoms with Crippen LogP contribution in [0.15, 0.2) is 35.7 Å². The standard InChI is InChI=1S/C14H14N2O3S/c1-9(13(19)15-10-5-3-2-4-6-10)14-16-11(8-20-14)7-12(17)18/h2-6,8-9H,7H2,1H3,(H,15,19)(H,17,18)/p-1/t9-/m1/s1. The third-order valence-electron chi connectivity index (χ3n) is 2.70. The Hall–Kier alpha value is -2.21. The van der Waals surface area contributed by atoms with E-state index in [9.17, 15) is 14.7 Å². The second kappa shape index (κ2) is 6.29. The predicted octanol–water partition coefficient (Wildman–Crippen LogP) is 1.18. The van der Waals surface area contributed by atoms with Crippen molar-refractivity contribution >= 4 is 28.9 Å². The lowest BCUT2D eigenvalue weighted by molar-refractivity contribution is -0.304. The fraction of sp³-hybridized carbons (Fsp3) is 0.214. The van der Waals surface area contributed by atoms with Crippen molar-refractivity contribution < 1.29 is 14.7 Å². The van der Waals surface area contributed by atoms with Crippen molar-refractivity contribution in [3.63, 3.8) is 0 Å². The molecule has 5 nitrogen and oxygen atoms in total. The van der Waals surface area contributed by atoms with Crippen molar-refractivity contribution in [2.75, 3.05) is 5.32 Å². The molecule has 0 fully saturated rings. The van der Waals surface area contributed by atoms with Crippen LogP contribution in [0.5, 0.6) is 0 Å². The number of thiazole rings is 1. The van der Waals surface area contributed by atoms with E-state index in [1.165, 1.54) is 11.3 Å². The number of amides is 1. The van der Waals surface area contributed by atoms with Crippen LogP contribution in [0.3, 0.4) is 0 Å². The van der Waals surface area contributed by atoms with E-state index in [-0.39, 0.29) is 12.3 Å². The number of hydrogen-bond acceptors (Lipinski definition) is 5. The fourth-order valence-electron chi connectivity index (χ4n) is 1.63. The van der Waals surface area contributed by atoms with Crippen molar-refractivity contribution in [3.05, 3.63) is 46.4 Å². The molecule has 0 aliphatic carbocycles. The second-order valence-electron chi connectivity index (χ2n) is 4.30. The summed E-state index contributed by atoms with van der Waals surface area (Å²) in [6, 6.07) is 9.14. The Morgan fingerprint density at radius 1 is 1.35 bits per heavy atom. The van der Waals surface area contributed by atoms with Crippen molar-refractivity contribution in [1.82, 2.24) is 4.98 Å². The first-order valence-electron chi connectivity index (χ1n) is 6.06. The van der Waals surface area contributed by atoms with Gasteiger partial charge in [0.1, 0.15) is 5.01 Å². The summed E-state index contributed by atoms with van der Waals surface area (Å²) < 4.78 is 0. The lowest BCUT2D eigenvalue weighted by atomic mass is 10.1. The van der Waals surface area contributed by atoms with Crippen LogP contribution in [0.1, 0.15) is 23.5 Å². The van der Waals surface area contributed by atoms with Gasteiger partial charge in [0.15, 0.2) is 0 Å². The number of carbonyl (C=O) groups is 2. The average molecular weight is 289 g/mol. The minimum absolute atomic E-state index is 0.175. The fourth-order valence-corrected chi connectivity index (χ4v) is 2.51. The maximum absolute atomic E-state index is 12.1. The van der Waals surface area contributed by atoms with Gasteiger partial charge in [-0.15, -0.1) is 11.3 Å². The summed E-state index contributed by atoms with van der Waals surface area (Å²) >= 11 is 1.28. The number of carboxylic acid groups (broad SMARTS) is 1. The zero-order chi connectivity index (χ0) is 14.5. The second-order valence-corrected chi connectivity index (χ2v) is 5.19. The largest absolute Gasteiger partial charge is 0.550 e. The van der Waals surface area contributed by atoms with Gasteiger partial charge in [0.25, 0.3) is 0 Å². The summed E-state index contributed by atoms with van der Waals surface area (Å²) in [4.78, 5) is 26.7. The number of aliphatic carboxylic acids is 1. The van der Waals surface area contributed by atoms with Crippen LogP contribution in [0.25, 0.3) is 0 Å². The Labute approximate surface area is 120 Å². The molecule has 0 saturated heterocycles. The van der Waals surface area contributed by atoms with Gasteiger partial charge in [-0.3, -0.25) is 4.79 Å². The molecule has 0 radical (unpaired) electrons. The maximum atomic E-state index is 12.1. The summed E-state index contributed by atoms with van der Waals surface area (Å²) in [7, 11) is 0. The molecule has 0 spiro atoms. The molecule has 0 bridgehead atoms. The monoisotopic (exact) mass is 289 g/mol. The van der Waals surface area contributed by atoms with E-state index in [0.717, 1.165) is 5.69 Å². The zero-order valence-corrected chi connectivity index (χ0v) is 11.6. The number of benzene rings is 1. The SMILES string of the molecule is C[C@H](C(=O)Nc1ccccc1)c1nc(CC(=O)[O-])cs1. The van der Waals surface area contributed by atoms with Gasteiger partial charge >= 0.3 is 0 Å². The molecule has 0 aliphatic heterocycles. The van der Waals surface area contributed by atoms with Crippen LogP contribution in [0.2, 0.25) is 0 Å². The highest BCUT2D eigenvalue weighted by Crippen LogP contribution is 2.22. The van der Waals surface area contributed by atoms with Crippen LogP contribution < -0.4 is 10.4 Å². The molecule has 6 heteroatoms. The quantitative estimate of drug-likeness (QED) is 0.896. The molecular weight excluding hydrogens is 276 g/mol. The Bertz CT molecular complexity index is 610. The number of para-hydroxylation sites is 1. The maximum Gasteiger partial charge on any atom is 0.234 e. The molecule has 1 aromatic heterocycles. The van der Waals surface area contributed by atoms with Crippen molar-refractivity contribution in [1.29, 1.82) is 0 Å². The van der Waals surface area contributed by atoms with Gasteiger partial charge in [-0.05, 0) is 19.1 Å². The van der Waals surface area contributed by atoms with E-state index in [0.29, 0.717) is 10.7 Å². The first-order chi connectivity index (χ1) is 9.56. The summed E-state index contributed by atoms with van der Waals surface area (Å²) in [5.74, 6) is -1.79. The summed E-state index contributed by atoms with van der Waals surface area (Å²) in [6.45, 7) is 1.74. The molecule has 0 unspecified atom stereocenters. The molecule has 1 heterocycles. The third kappa shape index (κ3) is 3.64. The molecule has 1 N–H and O–H groups in total. The van der Waals surface area contributed by atoms with Gasteiger partial charge < -0.3 is 15.2 Å². The minimum Gasteiger partial charge on any atom is -0.550 e. The van der Waals surface area contributed by atoms with Gasteiger partial charge in [0.2, 0.25) is 5.91 Å². The first kappa shape index (κ1) is 14.2. The van der Waals surface area contributed by atoms with E-state index in [4.69, 9.17) is 0 Å². The lowest BCUT2D eigenvalue weighted by Gasteiger charge is -2.09. The van der Waals surface area contributed by atoms with Crippen molar-refractivity contribution in [3.8, 4) is 0 Å². The van der Waals surface area contributed by atoms with Gasteiger partial charge in [-0.1, -0.05) is 18.2 Å². The van der Waals surface area contributed by atoms with E-state index >= 15 is 0 Å². The molecule has 1 amide bonds. The van der Waals surface area contributed by atoms with E-state index in [1.807, 2.05) is 18.2 Å². The molecule has 104 valence electrons. The first-order valence-corrected chi connectivity index (χ1v) is 6.94. The molecule has 2 rings (SSSR count). The van der Waals surface area contributed by atoms with Gasteiger partial charge in [-0.2, -0.15) is 0 Å². The smallest absolute Gasteiger partial charge is 0.234 e. The highest BCUT2D eigenvalue weighted by atomic mass is 32.1. The van der Waals surface area contributed by atoms with E-state index < -0.39 is 11.9 Å². The van der Waals surface area contributed by atoms with Gasteiger partial charge in [0, 0.05) is 23.5 Å². The third-order valence-corrected chi connectivity index (χ3v) is 3.78. The summed E-state index contributed by atoms with van der Waals surface area (Å²) in [6.07, 6.45) is -0.233. The molecular formula is C14H13N2O3S-. The van der Waals surface area contributed by atoms with Crippen LogP contribution in [0.4, 0.5) is 5.69 Å². The molecule has 1 atom stereocenters. The van der Waals surface area contributed by atoms with Crippen molar-refractivity contribution in [2.45, 2.75) is 19.3 Å². The number of nitrogens with zero attached hydrogens (tertiary/aromatic N) is 1. The van der Waals surface area contributed by atoms with Crippen LogP contribution >= 0.6 is 11.3 Å². The predicted molar refractivity (Wildman–Crippen MR) is 74.3 cm³/mol. The lowest BCUT2D eigenvalue weighted by Crippen LogP contribution is -2.24. The molecule has 0 aliphatic rings.